The SMILES string of the molecule is Cc1cccc(OC[C@@H]2CCCN(C(=O)CNC(N)=O)C2)c1. The third-order valence-corrected chi connectivity index (χ3v) is 3.76. The predicted molar refractivity (Wildman–Crippen MR) is 83.6 cm³/mol. The molecule has 0 spiro atoms. The molecular weight excluding hydrogens is 282 g/mol. The second kappa shape index (κ2) is 7.68. The van der Waals surface area contributed by atoms with Gasteiger partial charge in [-0.15, -0.1) is 0 Å². The molecule has 0 saturated carbocycles. The zero-order valence-corrected chi connectivity index (χ0v) is 12.9. The molecule has 0 bridgehead atoms. The lowest BCUT2D eigenvalue weighted by Crippen LogP contribution is -2.46. The first-order chi connectivity index (χ1) is 10.5. The molecule has 3 N–H and O–H groups in total. The lowest BCUT2D eigenvalue weighted by Gasteiger charge is -2.32. The predicted octanol–water partition coefficient (Wildman–Crippen LogP) is 1.28. The second-order valence-corrected chi connectivity index (χ2v) is 5.69. The van der Waals surface area contributed by atoms with E-state index in [1.165, 1.54) is 0 Å². The van der Waals surface area contributed by atoms with Crippen molar-refractivity contribution in [2.24, 2.45) is 11.7 Å². The van der Waals surface area contributed by atoms with Crippen molar-refractivity contribution < 1.29 is 14.3 Å². The molecule has 6 nitrogen and oxygen atoms in total. The lowest BCUT2D eigenvalue weighted by molar-refractivity contribution is -0.132. The first kappa shape index (κ1) is 16.1. The van der Waals surface area contributed by atoms with Crippen molar-refractivity contribution in [3.05, 3.63) is 29.8 Å². The number of rotatable bonds is 5. The molecule has 1 saturated heterocycles. The van der Waals surface area contributed by atoms with Crippen LogP contribution < -0.4 is 15.8 Å². The van der Waals surface area contributed by atoms with Gasteiger partial charge in [-0.3, -0.25) is 4.79 Å². The average Bonchev–Trinajstić information content (AvgIpc) is 2.51. The van der Waals surface area contributed by atoms with Crippen molar-refractivity contribution >= 4 is 11.9 Å². The lowest BCUT2D eigenvalue weighted by atomic mass is 9.99. The van der Waals surface area contributed by atoms with Gasteiger partial charge in [-0.05, 0) is 37.5 Å². The molecule has 6 heteroatoms. The number of amides is 3. The summed E-state index contributed by atoms with van der Waals surface area (Å²) in [6, 6.07) is 7.26. The Labute approximate surface area is 130 Å². The van der Waals surface area contributed by atoms with Crippen molar-refractivity contribution in [3.63, 3.8) is 0 Å². The van der Waals surface area contributed by atoms with Crippen LogP contribution in [0.25, 0.3) is 0 Å². The topological polar surface area (TPSA) is 84.7 Å². The van der Waals surface area contributed by atoms with E-state index in [4.69, 9.17) is 10.5 Å². The van der Waals surface area contributed by atoms with Crippen LogP contribution in [-0.4, -0.2) is 43.1 Å². The number of carbonyl (C=O) groups is 2. The Morgan fingerprint density at radius 1 is 1.45 bits per heavy atom. The fourth-order valence-electron chi connectivity index (χ4n) is 2.62. The molecule has 1 heterocycles. The summed E-state index contributed by atoms with van der Waals surface area (Å²) in [5.41, 5.74) is 6.14. The summed E-state index contributed by atoms with van der Waals surface area (Å²) in [6.07, 6.45) is 1.99. The van der Waals surface area contributed by atoms with Crippen LogP contribution in [0.4, 0.5) is 4.79 Å². The van der Waals surface area contributed by atoms with Crippen molar-refractivity contribution in [2.45, 2.75) is 19.8 Å². The van der Waals surface area contributed by atoms with Gasteiger partial charge in [0.25, 0.3) is 0 Å². The minimum absolute atomic E-state index is 0.0409. The number of primary amides is 1. The number of nitrogens with one attached hydrogen (secondary N) is 1. The number of aryl methyl sites for hydroxylation is 1. The molecule has 1 fully saturated rings. The van der Waals surface area contributed by atoms with Crippen molar-refractivity contribution in [1.29, 1.82) is 0 Å². The Morgan fingerprint density at radius 2 is 2.27 bits per heavy atom. The highest BCUT2D eigenvalue weighted by molar-refractivity contribution is 5.83. The maximum atomic E-state index is 12.0. The van der Waals surface area contributed by atoms with Gasteiger partial charge in [-0.2, -0.15) is 0 Å². The second-order valence-electron chi connectivity index (χ2n) is 5.69. The van der Waals surface area contributed by atoms with E-state index in [0.717, 1.165) is 30.7 Å². The minimum Gasteiger partial charge on any atom is -0.493 e. The van der Waals surface area contributed by atoms with Gasteiger partial charge in [-0.1, -0.05) is 12.1 Å². The number of hydrogen-bond acceptors (Lipinski definition) is 3. The van der Waals surface area contributed by atoms with Gasteiger partial charge in [0.15, 0.2) is 0 Å². The molecule has 0 radical (unpaired) electrons. The number of piperidine rings is 1. The molecule has 22 heavy (non-hydrogen) atoms. The normalized spacial score (nSPS) is 17.9. The molecule has 3 amide bonds. The van der Waals surface area contributed by atoms with Gasteiger partial charge in [0.1, 0.15) is 5.75 Å². The van der Waals surface area contributed by atoms with Crippen LogP contribution in [-0.2, 0) is 4.79 Å². The number of benzene rings is 1. The average molecular weight is 305 g/mol. The largest absolute Gasteiger partial charge is 0.493 e. The Morgan fingerprint density at radius 3 is 3.00 bits per heavy atom. The van der Waals surface area contributed by atoms with Crippen LogP contribution in [0.2, 0.25) is 0 Å². The zero-order chi connectivity index (χ0) is 15.9. The van der Waals surface area contributed by atoms with E-state index in [1.54, 1.807) is 4.90 Å². The van der Waals surface area contributed by atoms with Crippen molar-refractivity contribution in [2.75, 3.05) is 26.2 Å². The fourth-order valence-corrected chi connectivity index (χ4v) is 2.62. The monoisotopic (exact) mass is 305 g/mol. The van der Waals surface area contributed by atoms with E-state index < -0.39 is 6.03 Å². The highest BCUT2D eigenvalue weighted by Gasteiger charge is 2.24. The number of carbonyl (C=O) groups excluding carboxylic acids is 2. The van der Waals surface area contributed by atoms with Crippen LogP contribution in [0, 0.1) is 12.8 Å². The highest BCUT2D eigenvalue weighted by atomic mass is 16.5. The Hall–Kier alpha value is -2.24. The van der Waals surface area contributed by atoms with E-state index in [-0.39, 0.29) is 12.5 Å². The molecule has 0 unspecified atom stereocenters. The van der Waals surface area contributed by atoms with Crippen molar-refractivity contribution in [3.8, 4) is 5.75 Å². The summed E-state index contributed by atoms with van der Waals surface area (Å²) in [5, 5.41) is 2.34. The smallest absolute Gasteiger partial charge is 0.312 e. The van der Waals surface area contributed by atoms with Crippen LogP contribution in [0.15, 0.2) is 24.3 Å². The summed E-state index contributed by atoms with van der Waals surface area (Å²) in [4.78, 5) is 24.4. The number of nitrogens with zero attached hydrogens (tertiary/aromatic N) is 1. The molecule has 1 aliphatic heterocycles. The summed E-state index contributed by atoms with van der Waals surface area (Å²) in [7, 11) is 0. The van der Waals surface area contributed by atoms with E-state index in [9.17, 15) is 9.59 Å². The van der Waals surface area contributed by atoms with Gasteiger partial charge in [0.05, 0.1) is 13.2 Å². The van der Waals surface area contributed by atoms with Crippen LogP contribution >= 0.6 is 0 Å². The fraction of sp³-hybridized carbons (Fsp3) is 0.500. The molecule has 1 aliphatic rings. The molecule has 0 aliphatic carbocycles. The maximum Gasteiger partial charge on any atom is 0.312 e. The van der Waals surface area contributed by atoms with Crippen molar-refractivity contribution in [1.82, 2.24) is 10.2 Å². The number of hydrogen-bond donors (Lipinski definition) is 2. The number of ether oxygens (including phenoxy) is 1. The van der Waals surface area contributed by atoms with E-state index >= 15 is 0 Å². The minimum atomic E-state index is -0.676. The molecule has 1 aromatic rings. The summed E-state index contributed by atoms with van der Waals surface area (Å²) in [5.74, 6) is 1.07. The van der Waals surface area contributed by atoms with Crippen LogP contribution in [0.1, 0.15) is 18.4 Å². The van der Waals surface area contributed by atoms with E-state index in [0.29, 0.717) is 19.1 Å². The maximum absolute atomic E-state index is 12.0. The quantitative estimate of drug-likeness (QED) is 0.859. The molecule has 2 rings (SSSR count). The third kappa shape index (κ3) is 4.95. The molecule has 1 aromatic carbocycles. The first-order valence-electron chi connectivity index (χ1n) is 7.55. The highest BCUT2D eigenvalue weighted by Crippen LogP contribution is 2.19. The van der Waals surface area contributed by atoms with E-state index in [1.807, 2.05) is 31.2 Å². The van der Waals surface area contributed by atoms with Gasteiger partial charge >= 0.3 is 6.03 Å². The van der Waals surface area contributed by atoms with Gasteiger partial charge < -0.3 is 20.7 Å². The van der Waals surface area contributed by atoms with E-state index in [2.05, 4.69) is 5.32 Å². The molecule has 0 aromatic heterocycles. The molecular formula is C16H23N3O3. The third-order valence-electron chi connectivity index (χ3n) is 3.76. The zero-order valence-electron chi connectivity index (χ0n) is 12.9. The van der Waals surface area contributed by atoms with Gasteiger partial charge in [-0.25, -0.2) is 4.79 Å². The van der Waals surface area contributed by atoms with Gasteiger partial charge in [0, 0.05) is 19.0 Å². The van der Waals surface area contributed by atoms with Gasteiger partial charge in [0.2, 0.25) is 5.91 Å². The first-order valence-corrected chi connectivity index (χ1v) is 7.55. The summed E-state index contributed by atoms with van der Waals surface area (Å²) in [6.45, 7) is 3.96. The number of nitrogens with two attached hydrogens (primary N) is 1. The summed E-state index contributed by atoms with van der Waals surface area (Å²) < 4.78 is 5.82. The molecule has 120 valence electrons. The number of likely N-dealkylation sites (tertiary alicyclic amines) is 1. The Bertz CT molecular complexity index is 533. The molecule has 1 atom stereocenters. The number of urea groups is 1. The van der Waals surface area contributed by atoms with Crippen LogP contribution in [0.3, 0.4) is 0 Å². The van der Waals surface area contributed by atoms with Crippen LogP contribution in [0.5, 0.6) is 5.75 Å². The Kier molecular flexibility index (Phi) is 5.63. The Balaban J connectivity index is 1.80. The summed E-state index contributed by atoms with van der Waals surface area (Å²) >= 11 is 0. The standard InChI is InChI=1S/C16H23N3O3/c1-12-4-2-6-14(8-12)22-11-13-5-3-7-19(10-13)15(20)9-18-16(17)21/h2,4,6,8,13H,3,5,7,9-11H2,1H3,(H3,17,18,21)/t13-/m1/s1.